The van der Waals surface area contributed by atoms with Crippen LogP contribution >= 0.6 is 23.2 Å². The lowest BCUT2D eigenvalue weighted by atomic mass is 9.98. The van der Waals surface area contributed by atoms with Crippen LogP contribution in [-0.4, -0.2) is 32.6 Å². The number of rotatable bonds is 2. The molecule has 0 saturated carbocycles. The molecule has 1 atom stereocenters. The normalized spacial score (nSPS) is 25.1. The molecule has 7 heteroatoms. The third kappa shape index (κ3) is 3.47. The Hall–Kier alpha value is -0.490. The molecule has 4 nitrogen and oxygen atoms in total. The van der Waals surface area contributed by atoms with Gasteiger partial charge in [-0.05, 0) is 25.0 Å². The Bertz CT molecular complexity index is 634. The first-order chi connectivity index (χ1) is 9.94. The maximum atomic E-state index is 11.5. The molecule has 0 spiro atoms. The van der Waals surface area contributed by atoms with Gasteiger partial charge in [-0.2, -0.15) is 0 Å². The van der Waals surface area contributed by atoms with E-state index in [2.05, 4.69) is 5.32 Å². The number of fused-ring (bicyclic) bond motifs is 1. The molecule has 1 fully saturated rings. The fourth-order valence-electron chi connectivity index (χ4n) is 2.94. The third-order valence-corrected chi connectivity index (χ3v) is 6.27. The van der Waals surface area contributed by atoms with Crippen molar-refractivity contribution in [1.82, 2.24) is 5.32 Å². The number of halogens is 2. The molecule has 2 heterocycles. The van der Waals surface area contributed by atoms with Gasteiger partial charge in [-0.25, -0.2) is 8.42 Å². The summed E-state index contributed by atoms with van der Waals surface area (Å²) in [6, 6.07) is 3.87. The summed E-state index contributed by atoms with van der Waals surface area (Å²) in [6.07, 6.45) is 2.14. The van der Waals surface area contributed by atoms with Crippen LogP contribution in [0.3, 0.4) is 0 Å². The molecule has 1 aromatic rings. The smallest absolute Gasteiger partial charge is 0.150 e. The van der Waals surface area contributed by atoms with Crippen LogP contribution < -0.4 is 10.1 Å². The van der Waals surface area contributed by atoms with Gasteiger partial charge in [0, 0.05) is 29.1 Å². The van der Waals surface area contributed by atoms with Crippen LogP contribution in [0.5, 0.6) is 5.75 Å². The SMILES string of the molecule is O=S1(=O)CCC(NC2CCOc3c(Cl)cc(Cl)cc32)CC1. The van der Waals surface area contributed by atoms with Crippen molar-refractivity contribution in [3.63, 3.8) is 0 Å². The second-order valence-corrected chi connectivity index (χ2v) is 8.74. The zero-order chi connectivity index (χ0) is 15.0. The van der Waals surface area contributed by atoms with Crippen molar-refractivity contribution in [1.29, 1.82) is 0 Å². The van der Waals surface area contributed by atoms with Gasteiger partial charge >= 0.3 is 0 Å². The van der Waals surface area contributed by atoms with Crippen molar-refractivity contribution < 1.29 is 13.2 Å². The lowest BCUT2D eigenvalue weighted by Crippen LogP contribution is -2.40. The molecule has 116 valence electrons. The zero-order valence-corrected chi connectivity index (χ0v) is 13.8. The molecule has 0 radical (unpaired) electrons. The molecule has 2 aliphatic rings. The van der Waals surface area contributed by atoms with Crippen LogP contribution in [0.2, 0.25) is 10.0 Å². The molecule has 0 amide bonds. The molecular weight excluding hydrogens is 333 g/mol. The molecule has 0 aliphatic carbocycles. The minimum Gasteiger partial charge on any atom is -0.492 e. The molecule has 2 aliphatic heterocycles. The third-order valence-electron chi connectivity index (χ3n) is 4.06. The Kier molecular flexibility index (Phi) is 4.37. The monoisotopic (exact) mass is 349 g/mol. The fraction of sp³-hybridized carbons (Fsp3) is 0.571. The van der Waals surface area contributed by atoms with Crippen molar-refractivity contribution in [2.75, 3.05) is 18.1 Å². The van der Waals surface area contributed by atoms with Gasteiger partial charge in [0.2, 0.25) is 0 Å². The Morgan fingerprint density at radius 3 is 2.57 bits per heavy atom. The molecular formula is C14H17Cl2NO3S. The highest BCUT2D eigenvalue weighted by Crippen LogP contribution is 2.40. The highest BCUT2D eigenvalue weighted by Gasteiger charge is 2.29. The summed E-state index contributed by atoms with van der Waals surface area (Å²) >= 11 is 12.3. The molecule has 1 N–H and O–H groups in total. The van der Waals surface area contributed by atoms with Crippen LogP contribution in [0.4, 0.5) is 0 Å². The molecule has 1 saturated heterocycles. The van der Waals surface area contributed by atoms with Crippen LogP contribution in [0.25, 0.3) is 0 Å². The lowest BCUT2D eigenvalue weighted by molar-refractivity contribution is 0.241. The summed E-state index contributed by atoms with van der Waals surface area (Å²) in [5.74, 6) is 1.21. The van der Waals surface area contributed by atoms with E-state index < -0.39 is 9.84 Å². The van der Waals surface area contributed by atoms with E-state index in [1.54, 1.807) is 6.07 Å². The lowest BCUT2D eigenvalue weighted by Gasteiger charge is -2.32. The predicted molar refractivity (Wildman–Crippen MR) is 84.1 cm³/mol. The minimum absolute atomic E-state index is 0.107. The van der Waals surface area contributed by atoms with Gasteiger partial charge in [-0.1, -0.05) is 23.2 Å². The van der Waals surface area contributed by atoms with Gasteiger partial charge in [0.25, 0.3) is 0 Å². The minimum atomic E-state index is -2.84. The first-order valence-electron chi connectivity index (χ1n) is 7.03. The van der Waals surface area contributed by atoms with E-state index in [1.165, 1.54) is 0 Å². The molecule has 1 unspecified atom stereocenters. The van der Waals surface area contributed by atoms with E-state index in [0.29, 0.717) is 35.2 Å². The van der Waals surface area contributed by atoms with E-state index in [1.807, 2.05) is 6.07 Å². The Balaban J connectivity index is 1.77. The van der Waals surface area contributed by atoms with Crippen molar-refractivity contribution >= 4 is 33.0 Å². The van der Waals surface area contributed by atoms with Crippen LogP contribution in [-0.2, 0) is 9.84 Å². The Morgan fingerprint density at radius 2 is 1.86 bits per heavy atom. The van der Waals surface area contributed by atoms with E-state index in [0.717, 1.165) is 12.0 Å². The predicted octanol–water partition coefficient (Wildman–Crippen LogP) is 2.98. The largest absolute Gasteiger partial charge is 0.492 e. The van der Waals surface area contributed by atoms with Gasteiger partial charge in [0.1, 0.15) is 15.6 Å². The highest BCUT2D eigenvalue weighted by atomic mass is 35.5. The average molecular weight is 350 g/mol. The van der Waals surface area contributed by atoms with Crippen molar-refractivity contribution in [3.8, 4) is 5.75 Å². The molecule has 0 bridgehead atoms. The maximum absolute atomic E-state index is 11.5. The number of hydrogen-bond acceptors (Lipinski definition) is 4. The maximum Gasteiger partial charge on any atom is 0.150 e. The van der Waals surface area contributed by atoms with Gasteiger partial charge in [0.15, 0.2) is 0 Å². The quantitative estimate of drug-likeness (QED) is 0.891. The molecule has 3 rings (SSSR count). The van der Waals surface area contributed by atoms with Gasteiger partial charge in [-0.15, -0.1) is 0 Å². The van der Waals surface area contributed by atoms with Crippen LogP contribution in [0, 0.1) is 0 Å². The standard InChI is InChI=1S/C14H17Cl2NO3S/c15-9-7-11-13(1-4-20-14(11)12(16)8-9)17-10-2-5-21(18,19)6-3-10/h7-8,10,13,17H,1-6H2. The number of ether oxygens (including phenoxy) is 1. The molecule has 21 heavy (non-hydrogen) atoms. The number of hydrogen-bond donors (Lipinski definition) is 1. The van der Waals surface area contributed by atoms with Gasteiger partial charge in [-0.3, -0.25) is 0 Å². The first kappa shape index (κ1) is 15.4. The van der Waals surface area contributed by atoms with Crippen molar-refractivity contribution in [2.45, 2.75) is 31.3 Å². The summed E-state index contributed by atoms with van der Waals surface area (Å²) in [4.78, 5) is 0. The van der Waals surface area contributed by atoms with E-state index in [9.17, 15) is 8.42 Å². The summed E-state index contributed by atoms with van der Waals surface area (Å²) < 4.78 is 28.6. The van der Waals surface area contributed by atoms with Crippen LogP contribution in [0.1, 0.15) is 30.9 Å². The summed E-state index contributed by atoms with van der Waals surface area (Å²) in [5, 5.41) is 4.65. The number of sulfone groups is 1. The summed E-state index contributed by atoms with van der Waals surface area (Å²) in [5.41, 5.74) is 0.965. The number of benzene rings is 1. The van der Waals surface area contributed by atoms with Crippen molar-refractivity contribution in [2.24, 2.45) is 0 Å². The van der Waals surface area contributed by atoms with Crippen molar-refractivity contribution in [3.05, 3.63) is 27.7 Å². The first-order valence-corrected chi connectivity index (χ1v) is 9.60. The summed E-state index contributed by atoms with van der Waals surface area (Å²) in [7, 11) is -2.84. The topological polar surface area (TPSA) is 55.4 Å². The zero-order valence-electron chi connectivity index (χ0n) is 11.4. The fourth-order valence-corrected chi connectivity index (χ4v) is 5.00. The molecule has 0 aromatic heterocycles. The van der Waals surface area contributed by atoms with E-state index >= 15 is 0 Å². The second kappa shape index (κ2) is 5.95. The van der Waals surface area contributed by atoms with E-state index in [-0.39, 0.29) is 23.6 Å². The Labute approximate surface area is 134 Å². The second-order valence-electron chi connectivity index (χ2n) is 5.59. The molecule has 1 aromatic carbocycles. The van der Waals surface area contributed by atoms with Crippen LogP contribution in [0.15, 0.2) is 12.1 Å². The van der Waals surface area contributed by atoms with Gasteiger partial charge < -0.3 is 10.1 Å². The summed E-state index contributed by atoms with van der Waals surface area (Å²) in [6.45, 7) is 0.594. The number of nitrogens with one attached hydrogen (secondary N) is 1. The van der Waals surface area contributed by atoms with E-state index in [4.69, 9.17) is 27.9 Å². The highest BCUT2D eigenvalue weighted by molar-refractivity contribution is 7.91. The average Bonchev–Trinajstić information content (AvgIpc) is 2.42. The Morgan fingerprint density at radius 1 is 1.14 bits per heavy atom. The van der Waals surface area contributed by atoms with Gasteiger partial charge in [0.05, 0.1) is 23.1 Å².